The van der Waals surface area contributed by atoms with E-state index >= 15 is 0 Å². The van der Waals surface area contributed by atoms with Gasteiger partial charge in [0.1, 0.15) is 11.6 Å². The fourth-order valence-corrected chi connectivity index (χ4v) is 1.92. The minimum absolute atomic E-state index is 0.0422. The Labute approximate surface area is 103 Å². The summed E-state index contributed by atoms with van der Waals surface area (Å²) in [5, 5.41) is 21.3. The second kappa shape index (κ2) is 5.03. The number of phenolic OH excluding ortho intramolecular Hbond substituents is 1. The number of rotatable bonds is 1. The molecule has 2 N–H and O–H groups in total. The normalized spacial score (nSPS) is 15.6. The number of benzene rings is 1. The van der Waals surface area contributed by atoms with Gasteiger partial charge >= 0.3 is 0 Å². The lowest BCUT2D eigenvalue weighted by atomic mass is 10.1. The van der Waals surface area contributed by atoms with E-state index in [0.29, 0.717) is 31.6 Å². The summed E-state index contributed by atoms with van der Waals surface area (Å²) in [5.74, 6) is -1.21. The molecule has 0 saturated carbocycles. The number of likely N-dealkylation sites (tertiary alicyclic amines) is 1. The minimum atomic E-state index is -0.564. The van der Waals surface area contributed by atoms with Crippen LogP contribution in [0.25, 0.3) is 0 Å². The molecule has 6 heteroatoms. The number of oxime groups is 1. The van der Waals surface area contributed by atoms with Gasteiger partial charge < -0.3 is 15.2 Å². The van der Waals surface area contributed by atoms with Gasteiger partial charge in [0.25, 0.3) is 5.91 Å². The van der Waals surface area contributed by atoms with Gasteiger partial charge in [-0.05, 0) is 18.2 Å². The van der Waals surface area contributed by atoms with Crippen LogP contribution in [0.4, 0.5) is 4.39 Å². The van der Waals surface area contributed by atoms with Gasteiger partial charge in [0.2, 0.25) is 0 Å². The third-order valence-corrected chi connectivity index (χ3v) is 2.96. The Balaban J connectivity index is 2.15. The Morgan fingerprint density at radius 3 is 2.61 bits per heavy atom. The summed E-state index contributed by atoms with van der Waals surface area (Å²) in [5.41, 5.74) is 0.599. The van der Waals surface area contributed by atoms with E-state index in [2.05, 4.69) is 5.16 Å². The molecule has 5 nitrogen and oxygen atoms in total. The topological polar surface area (TPSA) is 73.1 Å². The fourth-order valence-electron chi connectivity index (χ4n) is 1.92. The summed E-state index contributed by atoms with van der Waals surface area (Å²) in [6, 6.07) is 3.28. The Bertz CT molecular complexity index is 492. The highest BCUT2D eigenvalue weighted by Gasteiger charge is 2.23. The van der Waals surface area contributed by atoms with Crippen molar-refractivity contribution in [2.24, 2.45) is 5.16 Å². The Morgan fingerprint density at radius 2 is 2.00 bits per heavy atom. The fraction of sp³-hybridized carbons (Fsp3) is 0.333. The average Bonchev–Trinajstić information content (AvgIpc) is 2.41. The highest BCUT2D eigenvalue weighted by Crippen LogP contribution is 2.21. The number of piperidine rings is 1. The number of hydrogen-bond donors (Lipinski definition) is 2. The van der Waals surface area contributed by atoms with Crippen LogP contribution in [0.3, 0.4) is 0 Å². The molecule has 1 saturated heterocycles. The Morgan fingerprint density at radius 1 is 1.33 bits per heavy atom. The molecule has 0 aromatic heterocycles. The molecule has 0 bridgehead atoms. The average molecular weight is 252 g/mol. The van der Waals surface area contributed by atoms with Crippen LogP contribution in [0.2, 0.25) is 0 Å². The van der Waals surface area contributed by atoms with E-state index in [1.54, 1.807) is 0 Å². The Kier molecular flexibility index (Phi) is 3.45. The molecule has 1 aliphatic heterocycles. The van der Waals surface area contributed by atoms with E-state index in [4.69, 9.17) is 5.21 Å². The van der Waals surface area contributed by atoms with Gasteiger partial charge in [-0.1, -0.05) is 5.16 Å². The molecule has 0 unspecified atom stereocenters. The van der Waals surface area contributed by atoms with Gasteiger partial charge in [0.05, 0.1) is 11.3 Å². The molecule has 0 aliphatic carbocycles. The maximum Gasteiger partial charge on any atom is 0.257 e. The SMILES string of the molecule is O=C(c1cc(F)ccc1O)N1CCC(=NO)CC1. The summed E-state index contributed by atoms with van der Waals surface area (Å²) in [4.78, 5) is 13.6. The summed E-state index contributed by atoms with van der Waals surface area (Å²) < 4.78 is 13.1. The molecule has 1 aromatic carbocycles. The van der Waals surface area contributed by atoms with Gasteiger partial charge in [0.15, 0.2) is 0 Å². The number of halogens is 1. The van der Waals surface area contributed by atoms with Crippen molar-refractivity contribution in [1.82, 2.24) is 4.90 Å². The van der Waals surface area contributed by atoms with Crippen LogP contribution in [0.15, 0.2) is 23.4 Å². The molecule has 0 radical (unpaired) electrons. The van der Waals surface area contributed by atoms with E-state index in [1.807, 2.05) is 0 Å². The zero-order valence-corrected chi connectivity index (χ0v) is 9.64. The third kappa shape index (κ3) is 2.42. The summed E-state index contributed by atoms with van der Waals surface area (Å²) >= 11 is 0. The predicted octanol–water partition coefficient (Wildman–Crippen LogP) is 1.60. The zero-order valence-electron chi connectivity index (χ0n) is 9.64. The number of aromatic hydroxyl groups is 1. The van der Waals surface area contributed by atoms with Crippen molar-refractivity contribution in [1.29, 1.82) is 0 Å². The van der Waals surface area contributed by atoms with E-state index in [9.17, 15) is 14.3 Å². The van der Waals surface area contributed by atoms with Crippen LogP contribution in [0.1, 0.15) is 23.2 Å². The molecule has 1 heterocycles. The summed E-state index contributed by atoms with van der Waals surface area (Å²) in [6.07, 6.45) is 0.969. The lowest BCUT2D eigenvalue weighted by Crippen LogP contribution is -2.38. The van der Waals surface area contributed by atoms with E-state index in [1.165, 1.54) is 4.90 Å². The number of amides is 1. The number of carbonyl (C=O) groups is 1. The molecule has 1 fully saturated rings. The first-order valence-electron chi connectivity index (χ1n) is 5.59. The first kappa shape index (κ1) is 12.3. The largest absolute Gasteiger partial charge is 0.507 e. The molecule has 1 aliphatic rings. The zero-order chi connectivity index (χ0) is 13.1. The van der Waals surface area contributed by atoms with Crippen molar-refractivity contribution in [3.05, 3.63) is 29.6 Å². The lowest BCUT2D eigenvalue weighted by Gasteiger charge is -2.27. The predicted molar refractivity (Wildman–Crippen MR) is 62.4 cm³/mol. The van der Waals surface area contributed by atoms with Gasteiger partial charge in [-0.25, -0.2) is 4.39 Å². The molecule has 1 amide bonds. The Hall–Kier alpha value is -2.11. The van der Waals surface area contributed by atoms with E-state index in [0.717, 1.165) is 18.2 Å². The van der Waals surface area contributed by atoms with Crippen molar-refractivity contribution < 1.29 is 19.5 Å². The van der Waals surface area contributed by atoms with Gasteiger partial charge in [-0.3, -0.25) is 4.79 Å². The van der Waals surface area contributed by atoms with Crippen LogP contribution >= 0.6 is 0 Å². The molecule has 0 spiro atoms. The van der Waals surface area contributed by atoms with Gasteiger partial charge in [-0.2, -0.15) is 0 Å². The highest BCUT2D eigenvalue weighted by atomic mass is 19.1. The molecule has 1 aromatic rings. The minimum Gasteiger partial charge on any atom is -0.507 e. The number of phenols is 1. The quantitative estimate of drug-likeness (QED) is 0.589. The lowest BCUT2D eigenvalue weighted by molar-refractivity contribution is 0.0750. The summed E-state index contributed by atoms with van der Waals surface area (Å²) in [7, 11) is 0. The van der Waals surface area contributed by atoms with Crippen LogP contribution in [-0.4, -0.2) is 39.9 Å². The van der Waals surface area contributed by atoms with E-state index in [-0.39, 0.29) is 11.3 Å². The molecule has 2 rings (SSSR count). The van der Waals surface area contributed by atoms with Crippen LogP contribution < -0.4 is 0 Å². The van der Waals surface area contributed by atoms with Crippen molar-refractivity contribution in [3.8, 4) is 5.75 Å². The van der Waals surface area contributed by atoms with Crippen LogP contribution in [0.5, 0.6) is 5.75 Å². The first-order chi connectivity index (χ1) is 8.61. The standard InChI is InChI=1S/C12H13FN2O3/c13-8-1-2-11(16)10(7-8)12(17)15-5-3-9(14-18)4-6-15/h1-2,7,16,18H,3-6H2. The van der Waals surface area contributed by atoms with Crippen molar-refractivity contribution in [2.45, 2.75) is 12.8 Å². The van der Waals surface area contributed by atoms with Gasteiger partial charge in [0, 0.05) is 25.9 Å². The molecular formula is C12H13FN2O3. The van der Waals surface area contributed by atoms with Crippen LogP contribution in [-0.2, 0) is 0 Å². The molecular weight excluding hydrogens is 239 g/mol. The number of carbonyl (C=O) groups excluding carboxylic acids is 1. The maximum absolute atomic E-state index is 13.1. The second-order valence-electron chi connectivity index (χ2n) is 4.12. The molecule has 96 valence electrons. The van der Waals surface area contributed by atoms with Crippen molar-refractivity contribution >= 4 is 11.6 Å². The first-order valence-corrected chi connectivity index (χ1v) is 5.59. The monoisotopic (exact) mass is 252 g/mol. The van der Waals surface area contributed by atoms with Gasteiger partial charge in [-0.15, -0.1) is 0 Å². The second-order valence-corrected chi connectivity index (χ2v) is 4.12. The number of hydrogen-bond acceptors (Lipinski definition) is 4. The maximum atomic E-state index is 13.1. The molecule has 0 atom stereocenters. The smallest absolute Gasteiger partial charge is 0.257 e. The van der Waals surface area contributed by atoms with Crippen molar-refractivity contribution in [3.63, 3.8) is 0 Å². The van der Waals surface area contributed by atoms with Crippen LogP contribution in [0, 0.1) is 5.82 Å². The van der Waals surface area contributed by atoms with Crippen molar-refractivity contribution in [2.75, 3.05) is 13.1 Å². The third-order valence-electron chi connectivity index (χ3n) is 2.96. The highest BCUT2D eigenvalue weighted by molar-refractivity contribution is 5.98. The molecule has 18 heavy (non-hydrogen) atoms. The van der Waals surface area contributed by atoms with E-state index < -0.39 is 11.7 Å². The summed E-state index contributed by atoms with van der Waals surface area (Å²) in [6.45, 7) is 0.794. The number of nitrogens with zero attached hydrogens (tertiary/aromatic N) is 2.